The van der Waals surface area contributed by atoms with Gasteiger partial charge in [-0.15, -0.1) is 0 Å². The predicted molar refractivity (Wildman–Crippen MR) is 104 cm³/mol. The van der Waals surface area contributed by atoms with Gasteiger partial charge in [0.1, 0.15) is 18.2 Å². The summed E-state index contributed by atoms with van der Waals surface area (Å²) in [5, 5.41) is 2.25. The fraction of sp³-hybridized carbons (Fsp3) is 0.450. The average Bonchev–Trinajstić information content (AvgIpc) is 2.78. The number of ether oxygens (including phenoxy) is 1. The Morgan fingerprint density at radius 1 is 1.10 bits per heavy atom. The number of esters is 1. The lowest BCUT2D eigenvalue weighted by molar-refractivity contribution is -0.155. The van der Waals surface area contributed by atoms with Gasteiger partial charge in [-0.25, -0.2) is 0 Å². The van der Waals surface area contributed by atoms with Crippen LogP contribution in [0.1, 0.15) is 46.1 Å². The van der Waals surface area contributed by atoms with Crippen molar-refractivity contribution in [2.45, 2.75) is 58.2 Å². The van der Waals surface area contributed by atoms with Crippen LogP contribution in [0, 0.1) is 0 Å². The van der Waals surface area contributed by atoms with Crippen molar-refractivity contribution in [1.82, 2.24) is 14.5 Å². The molecule has 0 spiro atoms. The predicted octanol–water partition coefficient (Wildman–Crippen LogP) is 0.873. The van der Waals surface area contributed by atoms with Crippen LogP contribution < -0.4 is 16.4 Å². The largest absolute Gasteiger partial charge is 0.459 e. The molecule has 2 amide bonds. The number of carbonyl (C=O) groups is 3. The zero-order valence-electron chi connectivity index (χ0n) is 16.6. The molecule has 1 atom stereocenters. The maximum absolute atomic E-state index is 12.9. The molecule has 3 rings (SSSR count). The van der Waals surface area contributed by atoms with E-state index in [0.717, 1.165) is 9.13 Å². The number of benzene rings is 1. The summed E-state index contributed by atoms with van der Waals surface area (Å²) in [7, 11) is 0. The molecule has 0 aliphatic carbocycles. The molecule has 0 saturated carbocycles. The minimum atomic E-state index is -0.984. The molecule has 2 heterocycles. The fourth-order valence-electron chi connectivity index (χ4n) is 3.42. The molecular weight excluding hydrogens is 378 g/mol. The SMILES string of the molecule is CC(C)(C)OC(=O)Cn1c(=O)c(=O)n(C2CCCC(=O)NC2=O)c2ccccc21. The van der Waals surface area contributed by atoms with Crippen molar-refractivity contribution in [3.05, 3.63) is 45.0 Å². The number of para-hydroxylation sites is 2. The normalized spacial score (nSPS) is 17.7. The van der Waals surface area contributed by atoms with Crippen LogP contribution in [0.2, 0.25) is 0 Å². The number of hydrogen-bond donors (Lipinski definition) is 1. The minimum absolute atomic E-state index is 0.171. The van der Waals surface area contributed by atoms with E-state index in [1.807, 2.05) is 0 Å². The van der Waals surface area contributed by atoms with E-state index < -0.39 is 47.1 Å². The molecule has 1 aliphatic heterocycles. The van der Waals surface area contributed by atoms with Crippen LogP contribution in [0.15, 0.2) is 33.9 Å². The molecule has 2 aromatic rings. The Hall–Kier alpha value is -3.23. The Morgan fingerprint density at radius 2 is 1.76 bits per heavy atom. The number of amides is 2. The Bertz CT molecular complexity index is 1110. The first-order valence-electron chi connectivity index (χ1n) is 9.38. The molecule has 1 saturated heterocycles. The summed E-state index contributed by atoms with van der Waals surface area (Å²) in [6.45, 7) is 4.68. The van der Waals surface area contributed by atoms with Crippen LogP contribution in [0.4, 0.5) is 0 Å². The van der Waals surface area contributed by atoms with E-state index in [2.05, 4.69) is 5.32 Å². The molecule has 0 radical (unpaired) electrons. The van der Waals surface area contributed by atoms with Crippen LogP contribution in [0.5, 0.6) is 0 Å². The third-order valence-electron chi connectivity index (χ3n) is 4.54. The standard InChI is InChI=1S/C20H23N3O6/c1-20(2,3)29-16(25)11-22-12-7-4-5-8-13(12)23(19(28)18(22)27)14-9-6-10-15(24)21-17(14)26/h4-5,7-8,14H,6,9-11H2,1-3H3,(H,21,24,26). The monoisotopic (exact) mass is 401 g/mol. The van der Waals surface area contributed by atoms with Crippen LogP contribution >= 0.6 is 0 Å². The van der Waals surface area contributed by atoms with Crippen molar-refractivity contribution < 1.29 is 19.1 Å². The summed E-state index contributed by atoms with van der Waals surface area (Å²) >= 11 is 0. The molecular formula is C20H23N3O6. The third-order valence-corrected chi connectivity index (χ3v) is 4.54. The highest BCUT2D eigenvalue weighted by Crippen LogP contribution is 2.22. The van der Waals surface area contributed by atoms with E-state index in [0.29, 0.717) is 17.5 Å². The maximum atomic E-state index is 12.9. The third kappa shape index (κ3) is 4.28. The summed E-state index contributed by atoms with van der Waals surface area (Å²) < 4.78 is 7.45. The summed E-state index contributed by atoms with van der Waals surface area (Å²) in [4.78, 5) is 62.1. The molecule has 0 bridgehead atoms. The van der Waals surface area contributed by atoms with E-state index in [1.165, 1.54) is 0 Å². The van der Waals surface area contributed by atoms with E-state index in [9.17, 15) is 24.0 Å². The lowest BCUT2D eigenvalue weighted by Gasteiger charge is -2.22. The van der Waals surface area contributed by atoms with Gasteiger partial charge in [0.05, 0.1) is 11.0 Å². The quantitative estimate of drug-likeness (QED) is 0.463. The lowest BCUT2D eigenvalue weighted by Crippen LogP contribution is -2.47. The van der Waals surface area contributed by atoms with Crippen molar-refractivity contribution in [2.75, 3.05) is 0 Å². The summed E-state index contributed by atoms with van der Waals surface area (Å²) in [5.74, 6) is -1.68. The van der Waals surface area contributed by atoms with Gasteiger partial charge in [0.15, 0.2) is 0 Å². The van der Waals surface area contributed by atoms with Crippen molar-refractivity contribution >= 4 is 28.8 Å². The van der Waals surface area contributed by atoms with Gasteiger partial charge in [-0.3, -0.25) is 38.4 Å². The number of carbonyl (C=O) groups excluding carboxylic acids is 3. The summed E-state index contributed by atoms with van der Waals surface area (Å²) in [6, 6.07) is 5.54. The number of fused-ring (bicyclic) bond motifs is 1. The molecule has 1 aromatic carbocycles. The Balaban J connectivity index is 2.16. The average molecular weight is 401 g/mol. The molecule has 29 heavy (non-hydrogen) atoms. The topological polar surface area (TPSA) is 116 Å². The molecule has 154 valence electrons. The number of nitrogens with zero attached hydrogens (tertiary/aromatic N) is 2. The lowest BCUT2D eigenvalue weighted by atomic mass is 10.1. The Kier molecular flexibility index (Phi) is 5.41. The van der Waals surface area contributed by atoms with Crippen LogP contribution in [-0.4, -0.2) is 32.5 Å². The summed E-state index contributed by atoms with van der Waals surface area (Å²) in [5.41, 5.74) is -1.95. The second-order valence-electron chi connectivity index (χ2n) is 7.96. The van der Waals surface area contributed by atoms with Gasteiger partial charge in [0, 0.05) is 6.42 Å². The number of imide groups is 1. The second-order valence-corrected chi connectivity index (χ2v) is 7.96. The van der Waals surface area contributed by atoms with Crippen molar-refractivity contribution in [3.63, 3.8) is 0 Å². The fourth-order valence-corrected chi connectivity index (χ4v) is 3.42. The smallest absolute Gasteiger partial charge is 0.326 e. The van der Waals surface area contributed by atoms with Gasteiger partial charge in [0.2, 0.25) is 11.8 Å². The zero-order valence-corrected chi connectivity index (χ0v) is 16.6. The first-order chi connectivity index (χ1) is 13.6. The molecule has 9 nitrogen and oxygen atoms in total. The Labute approximate surface area is 166 Å². The minimum Gasteiger partial charge on any atom is -0.459 e. The highest BCUT2D eigenvalue weighted by molar-refractivity contribution is 5.98. The van der Waals surface area contributed by atoms with Crippen LogP contribution in [0.25, 0.3) is 11.0 Å². The van der Waals surface area contributed by atoms with E-state index in [4.69, 9.17) is 4.74 Å². The molecule has 1 fully saturated rings. The number of aromatic nitrogens is 2. The van der Waals surface area contributed by atoms with Crippen molar-refractivity contribution in [2.24, 2.45) is 0 Å². The van der Waals surface area contributed by atoms with E-state index in [1.54, 1.807) is 45.0 Å². The van der Waals surface area contributed by atoms with E-state index in [-0.39, 0.29) is 12.8 Å². The molecule has 1 aliphatic rings. The zero-order chi connectivity index (χ0) is 21.3. The first kappa shape index (κ1) is 20.5. The van der Waals surface area contributed by atoms with Gasteiger partial charge in [-0.05, 0) is 45.7 Å². The van der Waals surface area contributed by atoms with Gasteiger partial charge in [-0.2, -0.15) is 0 Å². The number of nitrogens with one attached hydrogen (secondary N) is 1. The van der Waals surface area contributed by atoms with Crippen molar-refractivity contribution in [3.8, 4) is 0 Å². The number of hydrogen-bond acceptors (Lipinski definition) is 6. The van der Waals surface area contributed by atoms with Gasteiger partial charge in [-0.1, -0.05) is 12.1 Å². The van der Waals surface area contributed by atoms with Gasteiger partial charge >= 0.3 is 17.1 Å². The van der Waals surface area contributed by atoms with Crippen LogP contribution in [-0.2, 0) is 25.7 Å². The summed E-state index contributed by atoms with van der Waals surface area (Å²) in [6.07, 6.45) is 0.825. The molecule has 9 heteroatoms. The van der Waals surface area contributed by atoms with Crippen LogP contribution in [0.3, 0.4) is 0 Å². The van der Waals surface area contributed by atoms with Gasteiger partial charge in [0.25, 0.3) is 0 Å². The highest BCUT2D eigenvalue weighted by atomic mass is 16.6. The molecule has 1 unspecified atom stereocenters. The van der Waals surface area contributed by atoms with Crippen molar-refractivity contribution in [1.29, 1.82) is 0 Å². The maximum Gasteiger partial charge on any atom is 0.326 e. The molecule has 1 N–H and O–H groups in total. The van der Waals surface area contributed by atoms with Gasteiger partial charge < -0.3 is 4.74 Å². The number of rotatable bonds is 3. The highest BCUT2D eigenvalue weighted by Gasteiger charge is 2.29. The molecule has 1 aromatic heterocycles. The first-order valence-corrected chi connectivity index (χ1v) is 9.38. The Morgan fingerprint density at radius 3 is 2.41 bits per heavy atom. The second kappa shape index (κ2) is 7.65. The van der Waals surface area contributed by atoms with E-state index >= 15 is 0 Å².